The summed E-state index contributed by atoms with van der Waals surface area (Å²) < 4.78 is 39.2. The highest BCUT2D eigenvalue weighted by atomic mass is 35.5. The number of rotatable bonds is 2. The smallest absolute Gasteiger partial charge is 0.243 e. The third kappa shape index (κ3) is 3.45. The minimum atomic E-state index is -3.51. The zero-order valence-electron chi connectivity index (χ0n) is 10.7. The van der Waals surface area contributed by atoms with E-state index in [-0.39, 0.29) is 23.3 Å². The van der Waals surface area contributed by atoms with Gasteiger partial charge in [0.2, 0.25) is 10.0 Å². The highest BCUT2D eigenvalue weighted by Gasteiger charge is 2.28. The van der Waals surface area contributed by atoms with Crippen molar-refractivity contribution in [2.24, 2.45) is 5.73 Å². The van der Waals surface area contributed by atoms with Gasteiger partial charge in [0, 0.05) is 19.1 Å². The molecule has 1 aromatic rings. The maximum Gasteiger partial charge on any atom is 0.243 e. The number of nitrogens with zero attached hydrogens (tertiary/aromatic N) is 1. The molecule has 1 heterocycles. The highest BCUT2D eigenvalue weighted by molar-refractivity contribution is 7.89. The summed E-state index contributed by atoms with van der Waals surface area (Å²) in [6.07, 6.45) is 1.33. The van der Waals surface area contributed by atoms with Crippen molar-refractivity contribution in [3.63, 3.8) is 0 Å². The Hall–Kier alpha value is -0.690. The predicted octanol–water partition coefficient (Wildman–Crippen LogP) is 1.67. The molecule has 0 bridgehead atoms. The van der Waals surface area contributed by atoms with E-state index in [9.17, 15) is 12.8 Å². The number of sulfonamides is 1. The topological polar surface area (TPSA) is 63.4 Å². The van der Waals surface area contributed by atoms with Gasteiger partial charge in [-0.1, -0.05) is 0 Å². The maximum absolute atomic E-state index is 13.2. The Bertz CT molecular complexity index is 543. The van der Waals surface area contributed by atoms with Crippen LogP contribution in [-0.4, -0.2) is 31.9 Å². The van der Waals surface area contributed by atoms with Crippen molar-refractivity contribution in [3.05, 3.63) is 29.6 Å². The summed E-state index contributed by atoms with van der Waals surface area (Å²) in [5, 5.41) is 0. The van der Waals surface area contributed by atoms with Crippen LogP contribution in [0.25, 0.3) is 0 Å². The van der Waals surface area contributed by atoms with Crippen molar-refractivity contribution < 1.29 is 12.8 Å². The highest BCUT2D eigenvalue weighted by Crippen LogP contribution is 2.21. The van der Waals surface area contributed by atoms with Crippen molar-refractivity contribution in [3.8, 4) is 0 Å². The molecule has 1 aliphatic heterocycles. The summed E-state index contributed by atoms with van der Waals surface area (Å²) in [6.45, 7) is 2.42. The molecule has 1 fully saturated rings. The third-order valence-electron chi connectivity index (χ3n) is 3.27. The van der Waals surface area contributed by atoms with Crippen LogP contribution in [0.3, 0.4) is 0 Å². The fourth-order valence-electron chi connectivity index (χ4n) is 2.04. The summed E-state index contributed by atoms with van der Waals surface area (Å²) in [7, 11) is -3.51. The lowest BCUT2D eigenvalue weighted by Gasteiger charge is -2.29. The fraction of sp³-hybridized carbons (Fsp3) is 0.500. The van der Waals surface area contributed by atoms with E-state index in [4.69, 9.17) is 5.73 Å². The first-order chi connectivity index (χ1) is 8.41. The lowest BCUT2D eigenvalue weighted by molar-refractivity contribution is 0.320. The van der Waals surface area contributed by atoms with E-state index in [0.29, 0.717) is 31.5 Å². The molecule has 0 radical (unpaired) electrons. The number of nitrogens with two attached hydrogens (primary N) is 1. The number of halogens is 2. The van der Waals surface area contributed by atoms with Gasteiger partial charge in [0.1, 0.15) is 5.82 Å². The zero-order valence-corrected chi connectivity index (χ0v) is 12.3. The molecular formula is C12H18ClFN2O2S. The van der Waals surface area contributed by atoms with Crippen LogP contribution in [0.2, 0.25) is 0 Å². The molecule has 19 heavy (non-hydrogen) atoms. The van der Waals surface area contributed by atoms with Crippen LogP contribution in [0.15, 0.2) is 23.1 Å². The average molecular weight is 309 g/mol. The SMILES string of the molecule is Cc1cc(S(=O)(=O)N2CCC(N)CC2)ccc1F.Cl. The molecule has 4 nitrogen and oxygen atoms in total. The molecule has 0 aliphatic carbocycles. The second-order valence-corrected chi connectivity index (χ2v) is 6.59. The molecule has 0 aromatic heterocycles. The standard InChI is InChI=1S/C12H17FN2O2S.ClH/c1-9-8-11(2-3-12(9)13)18(16,17)15-6-4-10(14)5-7-15;/h2-3,8,10H,4-7,14H2,1H3;1H. The van der Waals surface area contributed by atoms with E-state index >= 15 is 0 Å². The summed E-state index contributed by atoms with van der Waals surface area (Å²) in [4.78, 5) is 0.150. The lowest BCUT2D eigenvalue weighted by Crippen LogP contribution is -2.42. The van der Waals surface area contributed by atoms with E-state index in [2.05, 4.69) is 0 Å². The second kappa shape index (κ2) is 6.17. The van der Waals surface area contributed by atoms with E-state index in [1.54, 1.807) is 6.92 Å². The zero-order chi connectivity index (χ0) is 13.3. The molecule has 1 aromatic carbocycles. The predicted molar refractivity (Wildman–Crippen MR) is 74.4 cm³/mol. The summed E-state index contributed by atoms with van der Waals surface area (Å²) >= 11 is 0. The van der Waals surface area contributed by atoms with Crippen molar-refractivity contribution in [2.45, 2.75) is 30.7 Å². The van der Waals surface area contributed by atoms with Crippen LogP contribution in [0.5, 0.6) is 0 Å². The van der Waals surface area contributed by atoms with Crippen molar-refractivity contribution >= 4 is 22.4 Å². The van der Waals surface area contributed by atoms with Gasteiger partial charge in [0.25, 0.3) is 0 Å². The Morgan fingerprint density at radius 2 is 1.89 bits per heavy atom. The number of hydrogen-bond donors (Lipinski definition) is 1. The monoisotopic (exact) mass is 308 g/mol. The lowest BCUT2D eigenvalue weighted by atomic mass is 10.1. The van der Waals surface area contributed by atoms with Crippen LogP contribution < -0.4 is 5.73 Å². The summed E-state index contributed by atoms with van der Waals surface area (Å²) in [6, 6.07) is 3.95. The van der Waals surface area contributed by atoms with Crippen LogP contribution in [0, 0.1) is 12.7 Å². The van der Waals surface area contributed by atoms with Crippen LogP contribution in [0.1, 0.15) is 18.4 Å². The Morgan fingerprint density at radius 3 is 2.42 bits per heavy atom. The number of benzene rings is 1. The Kier molecular flexibility index (Phi) is 5.32. The number of piperidine rings is 1. The normalized spacial score (nSPS) is 18.1. The molecule has 0 saturated carbocycles. The second-order valence-electron chi connectivity index (χ2n) is 4.65. The van der Waals surface area contributed by atoms with Gasteiger partial charge in [-0.15, -0.1) is 12.4 Å². The third-order valence-corrected chi connectivity index (χ3v) is 5.16. The molecular weight excluding hydrogens is 291 g/mol. The van der Waals surface area contributed by atoms with Crippen molar-refractivity contribution in [2.75, 3.05) is 13.1 Å². The quantitative estimate of drug-likeness (QED) is 0.904. The van der Waals surface area contributed by atoms with Gasteiger partial charge < -0.3 is 5.73 Å². The fourth-order valence-corrected chi connectivity index (χ4v) is 3.60. The first-order valence-corrected chi connectivity index (χ1v) is 7.37. The molecule has 0 spiro atoms. The van der Waals surface area contributed by atoms with Gasteiger partial charge in [-0.2, -0.15) is 4.31 Å². The van der Waals surface area contributed by atoms with Gasteiger partial charge in [0.05, 0.1) is 4.90 Å². The molecule has 0 unspecified atom stereocenters. The minimum Gasteiger partial charge on any atom is -0.328 e. The molecule has 108 valence electrons. The molecule has 1 saturated heterocycles. The molecule has 2 rings (SSSR count). The first-order valence-electron chi connectivity index (χ1n) is 5.93. The van der Waals surface area contributed by atoms with Crippen LogP contribution in [-0.2, 0) is 10.0 Å². The van der Waals surface area contributed by atoms with Gasteiger partial charge in [-0.05, 0) is 43.5 Å². The van der Waals surface area contributed by atoms with Crippen LogP contribution in [0.4, 0.5) is 4.39 Å². The van der Waals surface area contributed by atoms with Gasteiger partial charge in [-0.25, -0.2) is 12.8 Å². The summed E-state index contributed by atoms with van der Waals surface area (Å²) in [5.74, 6) is -0.394. The Labute approximate surface area is 119 Å². The largest absolute Gasteiger partial charge is 0.328 e. The number of aryl methyl sites for hydroxylation is 1. The first kappa shape index (κ1) is 16.4. The minimum absolute atomic E-state index is 0. The van der Waals surface area contributed by atoms with E-state index in [0.717, 1.165) is 0 Å². The van der Waals surface area contributed by atoms with Gasteiger partial charge >= 0.3 is 0 Å². The van der Waals surface area contributed by atoms with Gasteiger partial charge in [0.15, 0.2) is 0 Å². The van der Waals surface area contributed by atoms with Crippen molar-refractivity contribution in [1.82, 2.24) is 4.31 Å². The number of hydrogen-bond acceptors (Lipinski definition) is 3. The van der Waals surface area contributed by atoms with Crippen LogP contribution >= 0.6 is 12.4 Å². The van der Waals surface area contributed by atoms with E-state index in [1.165, 1.54) is 22.5 Å². The Balaban J connectivity index is 0.00000180. The van der Waals surface area contributed by atoms with E-state index < -0.39 is 15.8 Å². The molecule has 2 N–H and O–H groups in total. The maximum atomic E-state index is 13.2. The Morgan fingerprint density at radius 1 is 1.32 bits per heavy atom. The average Bonchev–Trinajstić information content (AvgIpc) is 2.33. The summed E-state index contributed by atoms with van der Waals surface area (Å²) in [5.41, 5.74) is 6.09. The molecule has 7 heteroatoms. The van der Waals surface area contributed by atoms with Gasteiger partial charge in [-0.3, -0.25) is 0 Å². The molecule has 0 amide bonds. The van der Waals surface area contributed by atoms with Crippen molar-refractivity contribution in [1.29, 1.82) is 0 Å². The molecule has 1 aliphatic rings. The van der Waals surface area contributed by atoms with E-state index in [1.807, 2.05) is 0 Å². The molecule has 0 atom stereocenters.